The molecule has 166 valence electrons. The molecule has 0 fully saturated rings. The summed E-state index contributed by atoms with van der Waals surface area (Å²) in [5, 5.41) is 2.92. The molecule has 32 heavy (non-hydrogen) atoms. The number of sulfonamides is 1. The van der Waals surface area contributed by atoms with Gasteiger partial charge in [-0.1, -0.05) is 48.5 Å². The van der Waals surface area contributed by atoms with Gasteiger partial charge in [0.25, 0.3) is 0 Å². The normalized spacial score (nSPS) is 16.2. The van der Waals surface area contributed by atoms with Gasteiger partial charge in [-0.25, -0.2) is 8.42 Å². The molecular weight excluding hydrogens is 424 g/mol. The molecule has 1 amide bonds. The second-order valence-corrected chi connectivity index (χ2v) is 9.81. The van der Waals surface area contributed by atoms with E-state index in [9.17, 15) is 13.2 Å². The molecule has 7 heteroatoms. The van der Waals surface area contributed by atoms with Gasteiger partial charge in [-0.15, -0.1) is 0 Å². The van der Waals surface area contributed by atoms with Crippen molar-refractivity contribution < 1.29 is 17.9 Å². The zero-order valence-electron chi connectivity index (χ0n) is 18.1. The van der Waals surface area contributed by atoms with Gasteiger partial charge in [0.2, 0.25) is 15.9 Å². The van der Waals surface area contributed by atoms with Crippen LogP contribution in [0.4, 0.5) is 0 Å². The number of nitrogens with zero attached hydrogens (tertiary/aromatic N) is 1. The molecule has 6 nitrogen and oxygen atoms in total. The van der Waals surface area contributed by atoms with E-state index in [0.717, 1.165) is 28.0 Å². The van der Waals surface area contributed by atoms with Gasteiger partial charge < -0.3 is 10.1 Å². The molecular formula is C25H26N2O4S. The Balaban J connectivity index is 1.61. The summed E-state index contributed by atoms with van der Waals surface area (Å²) in [4.78, 5) is 13.4. The lowest BCUT2D eigenvalue weighted by Gasteiger charge is -2.35. The number of ether oxygens (including phenoxy) is 1. The number of hydrogen-bond donors (Lipinski definition) is 1. The Morgan fingerprint density at radius 1 is 1.03 bits per heavy atom. The van der Waals surface area contributed by atoms with Crippen LogP contribution in [0.5, 0.6) is 5.75 Å². The lowest BCUT2D eigenvalue weighted by atomic mass is 9.95. The van der Waals surface area contributed by atoms with Crippen molar-refractivity contribution in [2.45, 2.75) is 37.4 Å². The maximum absolute atomic E-state index is 13.5. The summed E-state index contributed by atoms with van der Waals surface area (Å²) in [6.45, 7) is 2.32. The summed E-state index contributed by atoms with van der Waals surface area (Å²) >= 11 is 0. The smallest absolute Gasteiger partial charge is 0.244 e. The van der Waals surface area contributed by atoms with Crippen LogP contribution in [0, 0.1) is 6.92 Å². The fourth-order valence-electron chi connectivity index (χ4n) is 3.94. The Kier molecular flexibility index (Phi) is 6.30. The van der Waals surface area contributed by atoms with Crippen LogP contribution in [0.2, 0.25) is 0 Å². The lowest BCUT2D eigenvalue weighted by Crippen LogP contribution is -2.52. The standard InChI is InChI=1S/C25H26N2O4S/c1-18-6-5-9-23(14-18)32(29,30)27-17-21-8-4-3-7-20(21)15-24(27)25(28)26-16-19-10-12-22(31-2)13-11-19/h3-14,24H,15-17H2,1-2H3,(H,26,28)/t24-/m0/s1. The molecule has 0 unspecified atom stereocenters. The first-order chi connectivity index (χ1) is 15.4. The molecule has 1 atom stereocenters. The van der Waals surface area contributed by atoms with E-state index in [0.29, 0.717) is 13.0 Å². The molecule has 1 aliphatic rings. The number of amides is 1. The molecule has 1 aliphatic heterocycles. The maximum Gasteiger partial charge on any atom is 0.244 e. The van der Waals surface area contributed by atoms with Gasteiger partial charge >= 0.3 is 0 Å². The summed E-state index contributed by atoms with van der Waals surface area (Å²) < 4.78 is 33.6. The van der Waals surface area contributed by atoms with Gasteiger partial charge in [0.15, 0.2) is 0 Å². The molecule has 3 aromatic carbocycles. The topological polar surface area (TPSA) is 75.7 Å². The molecule has 3 aromatic rings. The number of nitrogens with one attached hydrogen (secondary N) is 1. The number of methoxy groups -OCH3 is 1. The summed E-state index contributed by atoms with van der Waals surface area (Å²) in [5.74, 6) is 0.422. The van der Waals surface area contributed by atoms with Crippen LogP contribution < -0.4 is 10.1 Å². The van der Waals surface area contributed by atoms with Crippen LogP contribution in [-0.4, -0.2) is 31.8 Å². The number of carbonyl (C=O) groups is 1. The molecule has 0 saturated heterocycles. The lowest BCUT2D eigenvalue weighted by molar-refractivity contribution is -0.125. The monoisotopic (exact) mass is 450 g/mol. The van der Waals surface area contributed by atoms with Crippen LogP contribution in [-0.2, 0) is 34.3 Å². The highest BCUT2D eigenvalue weighted by molar-refractivity contribution is 7.89. The van der Waals surface area contributed by atoms with E-state index in [1.807, 2.05) is 61.5 Å². The van der Waals surface area contributed by atoms with Crippen molar-refractivity contribution in [2.75, 3.05) is 7.11 Å². The zero-order valence-corrected chi connectivity index (χ0v) is 18.9. The van der Waals surface area contributed by atoms with Crippen LogP contribution in [0.25, 0.3) is 0 Å². The quantitative estimate of drug-likeness (QED) is 0.624. The molecule has 0 bridgehead atoms. The van der Waals surface area contributed by atoms with Gasteiger partial charge in [0.1, 0.15) is 11.8 Å². The fraction of sp³-hybridized carbons (Fsp3) is 0.240. The molecule has 1 N–H and O–H groups in total. The Morgan fingerprint density at radius 2 is 1.75 bits per heavy atom. The summed E-state index contributed by atoms with van der Waals surface area (Å²) in [7, 11) is -2.26. The third-order valence-corrected chi connectivity index (χ3v) is 7.58. The second kappa shape index (κ2) is 9.14. The van der Waals surface area contributed by atoms with Crippen LogP contribution in [0.3, 0.4) is 0 Å². The Morgan fingerprint density at radius 3 is 2.44 bits per heavy atom. The number of benzene rings is 3. The SMILES string of the molecule is COc1ccc(CNC(=O)[C@@H]2Cc3ccccc3CN2S(=O)(=O)c2cccc(C)c2)cc1. The van der Waals surface area contributed by atoms with E-state index in [2.05, 4.69) is 5.32 Å². The molecule has 0 spiro atoms. The average molecular weight is 451 g/mol. The first-order valence-electron chi connectivity index (χ1n) is 10.4. The van der Waals surface area contributed by atoms with Crippen molar-refractivity contribution in [1.29, 1.82) is 0 Å². The van der Waals surface area contributed by atoms with Crippen LogP contribution in [0.1, 0.15) is 22.3 Å². The van der Waals surface area contributed by atoms with Gasteiger partial charge in [-0.05, 0) is 59.9 Å². The summed E-state index contributed by atoms with van der Waals surface area (Å²) in [6.07, 6.45) is 0.329. The molecule has 4 rings (SSSR count). The van der Waals surface area contributed by atoms with Gasteiger partial charge in [-0.3, -0.25) is 4.79 Å². The maximum atomic E-state index is 13.5. The Hall–Kier alpha value is -3.16. The highest BCUT2D eigenvalue weighted by Crippen LogP contribution is 2.29. The molecule has 0 saturated carbocycles. The Bertz CT molecular complexity index is 1220. The van der Waals surface area contributed by atoms with Crippen molar-refractivity contribution in [1.82, 2.24) is 9.62 Å². The van der Waals surface area contributed by atoms with Gasteiger partial charge in [0, 0.05) is 13.1 Å². The number of hydrogen-bond acceptors (Lipinski definition) is 4. The number of rotatable bonds is 6. The van der Waals surface area contributed by atoms with Crippen LogP contribution >= 0.6 is 0 Å². The minimum atomic E-state index is -3.86. The highest BCUT2D eigenvalue weighted by Gasteiger charge is 2.39. The molecule has 1 heterocycles. The number of aryl methyl sites for hydroxylation is 1. The minimum Gasteiger partial charge on any atom is -0.497 e. The van der Waals surface area contributed by atoms with E-state index in [1.54, 1.807) is 25.3 Å². The zero-order chi connectivity index (χ0) is 22.7. The predicted octanol–water partition coefficient (Wildman–Crippen LogP) is 3.44. The van der Waals surface area contributed by atoms with E-state index < -0.39 is 16.1 Å². The van der Waals surface area contributed by atoms with Crippen molar-refractivity contribution >= 4 is 15.9 Å². The first kappa shape index (κ1) is 22.0. The minimum absolute atomic E-state index is 0.160. The number of carbonyl (C=O) groups excluding carboxylic acids is 1. The Labute approximate surface area is 188 Å². The van der Waals surface area contributed by atoms with Crippen molar-refractivity contribution in [3.8, 4) is 5.75 Å². The van der Waals surface area contributed by atoms with Crippen molar-refractivity contribution in [3.63, 3.8) is 0 Å². The van der Waals surface area contributed by atoms with Crippen LogP contribution in [0.15, 0.2) is 77.7 Å². The largest absolute Gasteiger partial charge is 0.497 e. The predicted molar refractivity (Wildman–Crippen MR) is 123 cm³/mol. The van der Waals surface area contributed by atoms with E-state index in [1.165, 1.54) is 4.31 Å². The summed E-state index contributed by atoms with van der Waals surface area (Å²) in [5.41, 5.74) is 3.67. The molecule has 0 aromatic heterocycles. The van der Waals surface area contributed by atoms with Crippen molar-refractivity contribution in [2.24, 2.45) is 0 Å². The number of fused-ring (bicyclic) bond motifs is 1. The third-order valence-electron chi connectivity index (χ3n) is 5.73. The van der Waals surface area contributed by atoms with Crippen molar-refractivity contribution in [3.05, 3.63) is 95.1 Å². The third kappa shape index (κ3) is 4.54. The van der Waals surface area contributed by atoms with E-state index >= 15 is 0 Å². The average Bonchev–Trinajstić information content (AvgIpc) is 2.82. The van der Waals surface area contributed by atoms with E-state index in [4.69, 9.17) is 4.74 Å². The fourth-order valence-corrected chi connectivity index (χ4v) is 5.61. The van der Waals surface area contributed by atoms with E-state index in [-0.39, 0.29) is 17.3 Å². The molecule has 0 radical (unpaired) electrons. The summed E-state index contributed by atoms with van der Waals surface area (Å²) in [6, 6.07) is 21.0. The van der Waals surface area contributed by atoms with Gasteiger partial charge in [0.05, 0.1) is 12.0 Å². The first-order valence-corrected chi connectivity index (χ1v) is 11.9. The van der Waals surface area contributed by atoms with Gasteiger partial charge in [-0.2, -0.15) is 4.31 Å². The second-order valence-electron chi connectivity index (χ2n) is 7.92. The highest BCUT2D eigenvalue weighted by atomic mass is 32.2. The molecule has 0 aliphatic carbocycles.